The van der Waals surface area contributed by atoms with E-state index in [0.29, 0.717) is 0 Å². The summed E-state index contributed by atoms with van der Waals surface area (Å²) in [7, 11) is 1.21. The zero-order valence-corrected chi connectivity index (χ0v) is 15.9. The van der Waals surface area contributed by atoms with E-state index in [-0.39, 0.29) is 28.0 Å². The molecule has 2 N–H and O–H groups in total. The van der Waals surface area contributed by atoms with Gasteiger partial charge in [0.1, 0.15) is 17.5 Å². The Morgan fingerprint density at radius 2 is 2.11 bits per heavy atom. The molecule has 0 aromatic heterocycles. The zero-order valence-electron chi connectivity index (χ0n) is 14.3. The van der Waals surface area contributed by atoms with E-state index in [2.05, 4.69) is 14.8 Å². The SMILES string of the molecule is CCOC(=O)NC(=O)C(C#N)=CNc1c(F)cc(Cl)cc1SCC(=O)OC. The third-order valence-electron chi connectivity index (χ3n) is 2.81. The summed E-state index contributed by atoms with van der Waals surface area (Å²) in [6, 6.07) is 4.00. The van der Waals surface area contributed by atoms with Crippen LogP contribution in [0, 0.1) is 17.1 Å². The van der Waals surface area contributed by atoms with E-state index < -0.39 is 29.4 Å². The summed E-state index contributed by atoms with van der Waals surface area (Å²) in [6.45, 7) is 1.59. The van der Waals surface area contributed by atoms with E-state index in [9.17, 15) is 18.8 Å². The Hall–Kier alpha value is -2.77. The summed E-state index contributed by atoms with van der Waals surface area (Å²) < 4.78 is 23.3. The fourth-order valence-corrected chi connectivity index (χ4v) is 2.79. The van der Waals surface area contributed by atoms with Gasteiger partial charge in [-0.05, 0) is 19.1 Å². The summed E-state index contributed by atoms with van der Waals surface area (Å²) in [6.07, 6.45) is -0.0982. The van der Waals surface area contributed by atoms with Crippen LogP contribution in [0.5, 0.6) is 0 Å². The molecule has 0 atom stereocenters. The number of alkyl carbamates (subject to hydrolysis) is 1. The van der Waals surface area contributed by atoms with Crippen LogP contribution >= 0.6 is 23.4 Å². The van der Waals surface area contributed by atoms with Crippen molar-refractivity contribution in [2.45, 2.75) is 11.8 Å². The molecule has 0 saturated heterocycles. The number of imide groups is 1. The number of amides is 2. The summed E-state index contributed by atoms with van der Waals surface area (Å²) in [5.74, 6) is -2.44. The van der Waals surface area contributed by atoms with E-state index in [1.54, 1.807) is 13.0 Å². The number of nitrogens with zero attached hydrogens (tertiary/aromatic N) is 1. The summed E-state index contributed by atoms with van der Waals surface area (Å²) in [5.41, 5.74) is -0.605. The lowest BCUT2D eigenvalue weighted by Gasteiger charge is -2.11. The monoisotopic (exact) mass is 415 g/mol. The van der Waals surface area contributed by atoms with Gasteiger partial charge in [0.2, 0.25) is 0 Å². The van der Waals surface area contributed by atoms with Crippen LogP contribution in [0.25, 0.3) is 0 Å². The van der Waals surface area contributed by atoms with Crippen molar-refractivity contribution in [2.75, 3.05) is 24.8 Å². The number of esters is 1. The Labute approximate surface area is 163 Å². The van der Waals surface area contributed by atoms with Gasteiger partial charge in [0, 0.05) is 16.1 Å². The van der Waals surface area contributed by atoms with E-state index in [1.165, 1.54) is 13.2 Å². The number of carbonyl (C=O) groups excluding carboxylic acids is 3. The molecule has 0 aliphatic carbocycles. The Bertz CT molecular complexity index is 810. The van der Waals surface area contributed by atoms with Gasteiger partial charge < -0.3 is 14.8 Å². The van der Waals surface area contributed by atoms with Crippen molar-refractivity contribution in [1.29, 1.82) is 5.26 Å². The van der Waals surface area contributed by atoms with Crippen molar-refractivity contribution in [1.82, 2.24) is 5.32 Å². The first kappa shape index (κ1) is 22.3. The molecule has 11 heteroatoms. The quantitative estimate of drug-likeness (QED) is 0.302. The molecule has 1 rings (SSSR count). The van der Waals surface area contributed by atoms with Gasteiger partial charge in [-0.25, -0.2) is 9.18 Å². The number of halogens is 2. The maximum Gasteiger partial charge on any atom is 0.414 e. The minimum Gasteiger partial charge on any atom is -0.468 e. The minimum absolute atomic E-state index is 0.0414. The van der Waals surface area contributed by atoms with Crippen LogP contribution < -0.4 is 10.6 Å². The molecule has 144 valence electrons. The van der Waals surface area contributed by atoms with Crippen LogP contribution in [-0.2, 0) is 19.1 Å². The Morgan fingerprint density at radius 3 is 2.70 bits per heavy atom. The largest absolute Gasteiger partial charge is 0.468 e. The van der Waals surface area contributed by atoms with Crippen LogP contribution in [-0.4, -0.2) is 37.4 Å². The first-order valence-corrected chi connectivity index (χ1v) is 8.72. The molecule has 1 aromatic carbocycles. The van der Waals surface area contributed by atoms with Gasteiger partial charge in [-0.2, -0.15) is 5.26 Å². The van der Waals surface area contributed by atoms with E-state index in [1.807, 2.05) is 5.32 Å². The molecule has 0 aliphatic heterocycles. The second kappa shape index (κ2) is 11.1. The van der Waals surface area contributed by atoms with E-state index in [4.69, 9.17) is 16.9 Å². The number of hydrogen-bond donors (Lipinski definition) is 2. The first-order valence-electron chi connectivity index (χ1n) is 7.35. The third-order valence-corrected chi connectivity index (χ3v) is 4.04. The Morgan fingerprint density at radius 1 is 1.41 bits per heavy atom. The van der Waals surface area contributed by atoms with Crippen molar-refractivity contribution in [2.24, 2.45) is 0 Å². The zero-order chi connectivity index (χ0) is 20.4. The van der Waals surface area contributed by atoms with Gasteiger partial charge in [-0.15, -0.1) is 11.8 Å². The van der Waals surface area contributed by atoms with Crippen molar-refractivity contribution in [3.05, 3.63) is 34.7 Å². The second-order valence-electron chi connectivity index (χ2n) is 4.61. The van der Waals surface area contributed by atoms with Crippen LogP contribution in [0.3, 0.4) is 0 Å². The highest BCUT2D eigenvalue weighted by Crippen LogP contribution is 2.33. The minimum atomic E-state index is -1.03. The lowest BCUT2D eigenvalue weighted by molar-refractivity contribution is -0.137. The van der Waals surface area contributed by atoms with E-state index >= 15 is 0 Å². The maximum absolute atomic E-state index is 14.2. The molecule has 1 aromatic rings. The normalized spacial score (nSPS) is 10.6. The fraction of sp³-hybridized carbons (Fsp3) is 0.250. The van der Waals surface area contributed by atoms with Gasteiger partial charge >= 0.3 is 12.1 Å². The van der Waals surface area contributed by atoms with Crippen molar-refractivity contribution in [3.8, 4) is 6.07 Å². The molecular formula is C16H15ClFN3O5S. The second-order valence-corrected chi connectivity index (χ2v) is 6.07. The summed E-state index contributed by atoms with van der Waals surface area (Å²) >= 11 is 6.76. The number of thioether (sulfide) groups is 1. The summed E-state index contributed by atoms with van der Waals surface area (Å²) in [5, 5.41) is 13.5. The highest BCUT2D eigenvalue weighted by molar-refractivity contribution is 8.00. The van der Waals surface area contributed by atoms with Crippen LogP contribution in [0.2, 0.25) is 5.02 Å². The average molecular weight is 416 g/mol. The van der Waals surface area contributed by atoms with Gasteiger partial charge in [0.05, 0.1) is 25.2 Å². The number of hydrogen-bond acceptors (Lipinski definition) is 8. The molecule has 0 fully saturated rings. The lowest BCUT2D eigenvalue weighted by atomic mass is 10.2. The number of methoxy groups -OCH3 is 1. The van der Waals surface area contributed by atoms with Gasteiger partial charge in [0.15, 0.2) is 0 Å². The van der Waals surface area contributed by atoms with E-state index in [0.717, 1.165) is 24.0 Å². The molecule has 0 unspecified atom stereocenters. The third kappa shape index (κ3) is 7.16. The van der Waals surface area contributed by atoms with Crippen molar-refractivity contribution < 1.29 is 28.2 Å². The van der Waals surface area contributed by atoms with Crippen LogP contribution in [0.15, 0.2) is 28.8 Å². The molecule has 8 nitrogen and oxygen atoms in total. The number of rotatable bonds is 7. The first-order chi connectivity index (χ1) is 12.8. The predicted octanol–water partition coefficient (Wildman–Crippen LogP) is 2.84. The molecule has 0 radical (unpaired) electrons. The summed E-state index contributed by atoms with van der Waals surface area (Å²) in [4.78, 5) is 34.6. The highest BCUT2D eigenvalue weighted by atomic mass is 35.5. The van der Waals surface area contributed by atoms with Gasteiger partial charge in [0.25, 0.3) is 5.91 Å². The molecule has 0 aliphatic rings. The topological polar surface area (TPSA) is 118 Å². The van der Waals surface area contributed by atoms with Crippen LogP contribution in [0.4, 0.5) is 14.9 Å². The highest BCUT2D eigenvalue weighted by Gasteiger charge is 2.16. The molecule has 2 amide bonds. The Kier molecular flexibility index (Phi) is 9.12. The molecule has 0 spiro atoms. The fourth-order valence-electron chi connectivity index (χ4n) is 1.62. The maximum atomic E-state index is 14.2. The Balaban J connectivity index is 3.02. The number of ether oxygens (including phenoxy) is 2. The average Bonchev–Trinajstić information content (AvgIpc) is 2.61. The molecule has 0 saturated carbocycles. The number of nitriles is 1. The van der Waals surface area contributed by atoms with Crippen molar-refractivity contribution in [3.63, 3.8) is 0 Å². The van der Waals surface area contributed by atoms with Crippen molar-refractivity contribution >= 4 is 47.0 Å². The molecule has 0 heterocycles. The van der Waals surface area contributed by atoms with Gasteiger partial charge in [-0.1, -0.05) is 11.6 Å². The lowest BCUT2D eigenvalue weighted by Crippen LogP contribution is -2.32. The molecule has 0 bridgehead atoms. The number of benzene rings is 1. The number of nitrogens with one attached hydrogen (secondary N) is 2. The number of anilines is 1. The molecular weight excluding hydrogens is 401 g/mol. The smallest absolute Gasteiger partial charge is 0.414 e. The van der Waals surface area contributed by atoms with Gasteiger partial charge in [-0.3, -0.25) is 14.9 Å². The molecule has 27 heavy (non-hydrogen) atoms. The predicted molar refractivity (Wildman–Crippen MR) is 96.6 cm³/mol. The van der Waals surface area contributed by atoms with Crippen LogP contribution in [0.1, 0.15) is 6.92 Å². The number of carbonyl (C=O) groups is 3. The standard InChI is InChI=1S/C16H15ClFN3O5S/c1-3-26-16(24)21-15(23)9(6-19)7-20-14-11(18)4-10(17)5-12(14)27-8-13(22)25-2/h4-5,7,20H,3,8H2,1-2H3,(H,21,23,24).